The summed E-state index contributed by atoms with van der Waals surface area (Å²) in [5.41, 5.74) is -2.45. The minimum atomic E-state index is -4.99. The molecule has 0 saturated carbocycles. The molecule has 0 aromatic heterocycles. The van der Waals surface area contributed by atoms with Gasteiger partial charge < -0.3 is 0 Å². The average Bonchev–Trinajstić information content (AvgIpc) is 2.14. The van der Waals surface area contributed by atoms with E-state index in [1.54, 1.807) is 0 Å². The third-order valence-electron chi connectivity index (χ3n) is 1.68. The number of nitro benzene ring substituents is 2. The fourth-order valence-corrected chi connectivity index (χ4v) is 2.06. The molecule has 9 nitrogen and oxygen atoms in total. The highest BCUT2D eigenvalue weighted by Gasteiger charge is 2.35. The molecule has 0 heterocycles. The Balaban J connectivity index is 3.83. The second kappa shape index (κ2) is 4.24. The molecule has 0 saturated heterocycles. The maximum Gasteiger partial charge on any atom is 0.367 e. The summed E-state index contributed by atoms with van der Waals surface area (Å²) in [4.78, 5) is 17.4. The highest BCUT2D eigenvalue weighted by atomic mass is 35.5. The maximum atomic E-state index is 10.9. The van der Waals surface area contributed by atoms with Crippen molar-refractivity contribution in [1.29, 1.82) is 0 Å². The van der Waals surface area contributed by atoms with Gasteiger partial charge >= 0.3 is 21.5 Å². The van der Waals surface area contributed by atoms with Gasteiger partial charge in [0.05, 0.1) is 9.85 Å². The zero-order chi connectivity index (χ0) is 13.4. The SMILES string of the molecule is O=[N+]([O-])c1cc(Cl)cc(S(=O)(=O)O)c1[N+](=O)[O-]. The third kappa shape index (κ3) is 2.67. The van der Waals surface area contributed by atoms with Crippen LogP contribution >= 0.6 is 11.6 Å². The Bertz CT molecular complexity index is 611. The molecule has 1 rings (SSSR count). The second-order valence-electron chi connectivity index (χ2n) is 2.76. The van der Waals surface area contributed by atoms with E-state index in [4.69, 9.17) is 16.2 Å². The summed E-state index contributed by atoms with van der Waals surface area (Å²) in [6.45, 7) is 0. The predicted molar refractivity (Wildman–Crippen MR) is 54.6 cm³/mol. The molecule has 0 fully saturated rings. The van der Waals surface area contributed by atoms with Crippen molar-refractivity contribution in [3.63, 3.8) is 0 Å². The summed E-state index contributed by atoms with van der Waals surface area (Å²) in [7, 11) is -4.99. The first-order chi connectivity index (χ1) is 7.64. The fraction of sp³-hybridized carbons (Fsp3) is 0. The van der Waals surface area contributed by atoms with E-state index in [0.717, 1.165) is 0 Å². The van der Waals surface area contributed by atoms with Crippen LogP contribution < -0.4 is 0 Å². The Kier molecular flexibility index (Phi) is 3.31. The van der Waals surface area contributed by atoms with Gasteiger partial charge in [-0.05, 0) is 6.07 Å². The van der Waals surface area contributed by atoms with Crippen molar-refractivity contribution in [1.82, 2.24) is 0 Å². The maximum absolute atomic E-state index is 10.9. The van der Waals surface area contributed by atoms with Crippen molar-refractivity contribution >= 4 is 33.1 Å². The summed E-state index contributed by atoms with van der Waals surface area (Å²) in [5.74, 6) is 0. The van der Waals surface area contributed by atoms with Crippen LogP contribution in [0, 0.1) is 20.2 Å². The highest BCUT2D eigenvalue weighted by molar-refractivity contribution is 7.86. The third-order valence-corrected chi connectivity index (χ3v) is 2.76. The molecule has 1 N–H and O–H groups in total. The van der Waals surface area contributed by atoms with E-state index >= 15 is 0 Å². The predicted octanol–water partition coefficient (Wildman–Crippen LogP) is 1.40. The summed E-state index contributed by atoms with van der Waals surface area (Å²) in [6.07, 6.45) is 0. The number of nitro groups is 2. The molecular weight excluding hydrogens is 280 g/mol. The largest absolute Gasteiger partial charge is 0.367 e. The fourth-order valence-electron chi connectivity index (χ4n) is 1.08. The Hall–Kier alpha value is -1.78. The van der Waals surface area contributed by atoms with Gasteiger partial charge in [-0.25, -0.2) is 0 Å². The van der Waals surface area contributed by atoms with Crippen molar-refractivity contribution in [3.05, 3.63) is 37.4 Å². The summed E-state index contributed by atoms with van der Waals surface area (Å²) < 4.78 is 30.4. The van der Waals surface area contributed by atoms with Crippen molar-refractivity contribution in [3.8, 4) is 0 Å². The van der Waals surface area contributed by atoms with Gasteiger partial charge in [-0.1, -0.05) is 11.6 Å². The van der Waals surface area contributed by atoms with Crippen LogP contribution in [0.2, 0.25) is 5.02 Å². The number of halogens is 1. The number of hydrogen-bond donors (Lipinski definition) is 1. The summed E-state index contributed by atoms with van der Waals surface area (Å²) in [5, 5.41) is 20.7. The molecule has 92 valence electrons. The lowest BCUT2D eigenvalue weighted by Crippen LogP contribution is -2.06. The van der Waals surface area contributed by atoms with Gasteiger partial charge in [0.15, 0.2) is 4.90 Å². The quantitative estimate of drug-likeness (QED) is 0.501. The van der Waals surface area contributed by atoms with Gasteiger partial charge in [-0.15, -0.1) is 0 Å². The van der Waals surface area contributed by atoms with E-state index in [1.807, 2.05) is 0 Å². The zero-order valence-electron chi connectivity index (χ0n) is 7.73. The lowest BCUT2D eigenvalue weighted by molar-refractivity contribution is -0.424. The molecule has 0 atom stereocenters. The van der Waals surface area contributed by atoms with Crippen molar-refractivity contribution in [2.24, 2.45) is 0 Å². The van der Waals surface area contributed by atoms with Crippen LogP contribution in [0.1, 0.15) is 0 Å². The number of benzene rings is 1. The molecule has 1 aromatic carbocycles. The molecule has 11 heteroatoms. The minimum absolute atomic E-state index is 0.421. The van der Waals surface area contributed by atoms with E-state index in [0.29, 0.717) is 12.1 Å². The Morgan fingerprint density at radius 1 is 1.18 bits per heavy atom. The molecule has 0 aliphatic rings. The number of hydrogen-bond acceptors (Lipinski definition) is 6. The standard InChI is InChI=1S/C6H3ClN2O7S/c7-3-1-4(8(10)11)6(9(12)13)5(2-3)17(14,15)16/h1-2H,(H,14,15,16). The lowest BCUT2D eigenvalue weighted by Gasteiger charge is -2.01. The van der Waals surface area contributed by atoms with Gasteiger partial charge in [-0.2, -0.15) is 8.42 Å². The Morgan fingerprint density at radius 2 is 1.71 bits per heavy atom. The van der Waals surface area contributed by atoms with Crippen LogP contribution in [-0.2, 0) is 10.1 Å². The molecule has 1 aromatic rings. The van der Waals surface area contributed by atoms with Crippen molar-refractivity contribution < 1.29 is 22.8 Å². The molecule has 0 unspecified atom stereocenters. The minimum Gasteiger partial charge on any atom is -0.282 e. The Labute approximate surface area is 98.7 Å². The van der Waals surface area contributed by atoms with Crippen LogP contribution in [0.4, 0.5) is 11.4 Å². The van der Waals surface area contributed by atoms with Crippen molar-refractivity contribution in [2.45, 2.75) is 4.90 Å². The summed E-state index contributed by atoms with van der Waals surface area (Å²) in [6, 6.07) is 1.18. The van der Waals surface area contributed by atoms with Crippen LogP contribution in [-0.4, -0.2) is 22.8 Å². The first kappa shape index (κ1) is 13.3. The summed E-state index contributed by atoms with van der Waals surface area (Å²) >= 11 is 5.37. The van der Waals surface area contributed by atoms with Crippen LogP contribution in [0.5, 0.6) is 0 Å². The van der Waals surface area contributed by atoms with Crippen LogP contribution in [0.25, 0.3) is 0 Å². The molecule has 0 bridgehead atoms. The second-order valence-corrected chi connectivity index (χ2v) is 4.59. The average molecular weight is 283 g/mol. The van der Waals surface area contributed by atoms with Gasteiger partial charge in [-0.3, -0.25) is 24.8 Å². The van der Waals surface area contributed by atoms with Crippen LogP contribution in [0.15, 0.2) is 17.0 Å². The van der Waals surface area contributed by atoms with Crippen molar-refractivity contribution in [2.75, 3.05) is 0 Å². The number of nitrogens with zero attached hydrogens (tertiary/aromatic N) is 2. The van der Waals surface area contributed by atoms with E-state index in [2.05, 4.69) is 0 Å². The van der Waals surface area contributed by atoms with Gasteiger partial charge in [0, 0.05) is 11.1 Å². The first-order valence-corrected chi connectivity index (χ1v) is 5.56. The molecule has 0 spiro atoms. The highest BCUT2D eigenvalue weighted by Crippen LogP contribution is 2.36. The molecule has 0 aliphatic carbocycles. The molecule has 0 aliphatic heterocycles. The lowest BCUT2D eigenvalue weighted by atomic mass is 10.3. The first-order valence-electron chi connectivity index (χ1n) is 3.74. The number of rotatable bonds is 3. The van der Waals surface area contributed by atoms with Gasteiger partial charge in [0.25, 0.3) is 0 Å². The molecule has 0 amide bonds. The zero-order valence-corrected chi connectivity index (χ0v) is 9.30. The van der Waals surface area contributed by atoms with Gasteiger partial charge in [0.1, 0.15) is 0 Å². The normalized spacial score (nSPS) is 11.2. The smallest absolute Gasteiger partial charge is 0.282 e. The van der Waals surface area contributed by atoms with E-state index in [-0.39, 0.29) is 0 Å². The van der Waals surface area contributed by atoms with E-state index in [9.17, 15) is 28.6 Å². The topological polar surface area (TPSA) is 141 Å². The molecule has 17 heavy (non-hydrogen) atoms. The van der Waals surface area contributed by atoms with Crippen LogP contribution in [0.3, 0.4) is 0 Å². The van der Waals surface area contributed by atoms with E-state index in [1.165, 1.54) is 0 Å². The van der Waals surface area contributed by atoms with E-state index < -0.39 is 41.3 Å². The molecular formula is C6H3ClN2O7S. The molecule has 0 radical (unpaired) electrons. The Morgan fingerprint density at radius 3 is 2.06 bits per heavy atom. The van der Waals surface area contributed by atoms with Gasteiger partial charge in [0.2, 0.25) is 0 Å². The monoisotopic (exact) mass is 282 g/mol.